The van der Waals surface area contributed by atoms with Crippen molar-refractivity contribution in [1.82, 2.24) is 9.88 Å². The molecule has 0 bridgehead atoms. The van der Waals surface area contributed by atoms with Gasteiger partial charge >= 0.3 is 0 Å². The van der Waals surface area contributed by atoms with E-state index in [2.05, 4.69) is 19.9 Å². The summed E-state index contributed by atoms with van der Waals surface area (Å²) in [5.41, 5.74) is 5.64. The second-order valence-corrected chi connectivity index (χ2v) is 4.78. The topological polar surface area (TPSA) is 87.2 Å². The fourth-order valence-electron chi connectivity index (χ4n) is 2.29. The molecule has 1 fully saturated rings. The van der Waals surface area contributed by atoms with Crippen molar-refractivity contribution < 1.29 is 9.94 Å². The Hall–Kier alpha value is -2.02. The second-order valence-electron chi connectivity index (χ2n) is 4.78. The van der Waals surface area contributed by atoms with Crippen LogP contribution < -0.4 is 15.4 Å². The zero-order valence-corrected chi connectivity index (χ0v) is 11.9. The smallest absolute Gasteiger partial charge is 0.156 e. The molecule has 20 heavy (non-hydrogen) atoms. The number of nitrogens with two attached hydrogens (primary N) is 1. The molecule has 0 aromatic carbocycles. The fraction of sp³-hybridized carbons (Fsp3) is 0.538. The standard InChI is InChI=1S/C13H21N5O2/c1-10(13(14)16-19)17-5-7-18(8-6-17)12-4-3-11(20-2)9-15-12/h3-4,9-10,19H,5-8H2,1-2H3,(H2,14,16). The molecule has 2 heterocycles. The molecule has 1 saturated heterocycles. The van der Waals surface area contributed by atoms with Crippen LogP contribution in [0.5, 0.6) is 5.75 Å². The number of nitrogens with zero attached hydrogens (tertiary/aromatic N) is 4. The van der Waals surface area contributed by atoms with E-state index in [0.717, 1.165) is 37.7 Å². The van der Waals surface area contributed by atoms with Crippen molar-refractivity contribution in [2.75, 3.05) is 38.2 Å². The largest absolute Gasteiger partial charge is 0.495 e. The summed E-state index contributed by atoms with van der Waals surface area (Å²) in [5, 5.41) is 11.8. The van der Waals surface area contributed by atoms with Crippen LogP contribution in [0.15, 0.2) is 23.5 Å². The van der Waals surface area contributed by atoms with Gasteiger partial charge in [-0.1, -0.05) is 5.16 Å². The fourth-order valence-corrected chi connectivity index (χ4v) is 2.29. The summed E-state index contributed by atoms with van der Waals surface area (Å²) in [6, 6.07) is 3.82. The third kappa shape index (κ3) is 3.11. The summed E-state index contributed by atoms with van der Waals surface area (Å²) in [7, 11) is 1.63. The molecule has 3 N–H and O–H groups in total. The summed E-state index contributed by atoms with van der Waals surface area (Å²) < 4.78 is 5.10. The maximum atomic E-state index is 8.72. The highest BCUT2D eigenvalue weighted by atomic mass is 16.5. The lowest BCUT2D eigenvalue weighted by Crippen LogP contribution is -2.53. The first-order chi connectivity index (χ1) is 9.65. The van der Waals surface area contributed by atoms with Gasteiger partial charge in [-0.15, -0.1) is 0 Å². The van der Waals surface area contributed by atoms with Gasteiger partial charge in [0.05, 0.1) is 19.3 Å². The van der Waals surface area contributed by atoms with Crippen molar-refractivity contribution in [3.05, 3.63) is 18.3 Å². The highest BCUT2D eigenvalue weighted by Crippen LogP contribution is 2.17. The number of methoxy groups -OCH3 is 1. The quantitative estimate of drug-likeness (QED) is 0.358. The Morgan fingerprint density at radius 1 is 1.40 bits per heavy atom. The number of rotatable bonds is 4. The maximum absolute atomic E-state index is 8.72. The molecule has 0 spiro atoms. The van der Waals surface area contributed by atoms with Crippen LogP contribution in [0.1, 0.15) is 6.92 Å². The van der Waals surface area contributed by atoms with Crippen molar-refractivity contribution in [1.29, 1.82) is 0 Å². The molecule has 110 valence electrons. The average molecular weight is 279 g/mol. The van der Waals surface area contributed by atoms with Crippen LogP contribution in [0.4, 0.5) is 5.82 Å². The Labute approximate surface area is 118 Å². The summed E-state index contributed by atoms with van der Waals surface area (Å²) in [6.07, 6.45) is 1.72. The summed E-state index contributed by atoms with van der Waals surface area (Å²) >= 11 is 0. The highest BCUT2D eigenvalue weighted by Gasteiger charge is 2.23. The van der Waals surface area contributed by atoms with Crippen molar-refractivity contribution in [3.8, 4) is 5.75 Å². The number of hydrogen-bond donors (Lipinski definition) is 2. The van der Waals surface area contributed by atoms with E-state index in [1.165, 1.54) is 0 Å². The lowest BCUT2D eigenvalue weighted by Gasteiger charge is -2.38. The van der Waals surface area contributed by atoms with Gasteiger partial charge in [0.15, 0.2) is 5.84 Å². The lowest BCUT2D eigenvalue weighted by molar-refractivity contribution is 0.230. The molecule has 0 saturated carbocycles. The molecule has 7 heteroatoms. The van der Waals surface area contributed by atoms with Crippen LogP contribution in [0.3, 0.4) is 0 Å². The number of ether oxygens (including phenoxy) is 1. The molecule has 7 nitrogen and oxygen atoms in total. The van der Waals surface area contributed by atoms with Crippen LogP contribution in [-0.2, 0) is 0 Å². The average Bonchev–Trinajstić information content (AvgIpc) is 2.53. The number of amidine groups is 1. The van der Waals surface area contributed by atoms with Crippen molar-refractivity contribution in [2.45, 2.75) is 13.0 Å². The predicted molar refractivity (Wildman–Crippen MR) is 77.4 cm³/mol. The van der Waals surface area contributed by atoms with Crippen molar-refractivity contribution in [3.63, 3.8) is 0 Å². The SMILES string of the molecule is COc1ccc(N2CCN(C(C)/C(N)=N/O)CC2)nc1. The number of piperazine rings is 1. The molecule has 1 aliphatic heterocycles. The summed E-state index contributed by atoms with van der Waals surface area (Å²) in [4.78, 5) is 8.80. The first-order valence-electron chi connectivity index (χ1n) is 6.62. The second kappa shape index (κ2) is 6.42. The zero-order valence-electron chi connectivity index (χ0n) is 11.9. The van der Waals surface area contributed by atoms with E-state index >= 15 is 0 Å². The van der Waals surface area contributed by atoms with Gasteiger partial charge in [-0.25, -0.2) is 4.98 Å². The predicted octanol–water partition coefficient (Wildman–Crippen LogP) is 0.347. The molecule has 2 rings (SSSR count). The minimum atomic E-state index is -0.0500. The molecular formula is C13H21N5O2. The zero-order chi connectivity index (χ0) is 14.5. The van der Waals surface area contributed by atoms with Crippen LogP contribution in [0.25, 0.3) is 0 Å². The number of oxime groups is 1. The van der Waals surface area contributed by atoms with Gasteiger partial charge in [-0.05, 0) is 19.1 Å². The van der Waals surface area contributed by atoms with Gasteiger partial charge in [-0.3, -0.25) is 4.90 Å². The molecule has 0 aliphatic carbocycles. The van der Waals surface area contributed by atoms with Crippen LogP contribution in [-0.4, -0.2) is 60.3 Å². The third-order valence-electron chi connectivity index (χ3n) is 3.69. The van der Waals surface area contributed by atoms with Crippen LogP contribution >= 0.6 is 0 Å². The monoisotopic (exact) mass is 279 g/mol. The van der Waals surface area contributed by atoms with Crippen molar-refractivity contribution >= 4 is 11.7 Å². The van der Waals surface area contributed by atoms with Crippen molar-refractivity contribution in [2.24, 2.45) is 10.9 Å². The summed E-state index contributed by atoms with van der Waals surface area (Å²) in [5.74, 6) is 1.95. The first-order valence-corrected chi connectivity index (χ1v) is 6.62. The number of hydrogen-bond acceptors (Lipinski definition) is 6. The normalized spacial score (nSPS) is 18.9. The molecule has 1 atom stereocenters. The van der Waals surface area contributed by atoms with E-state index in [1.54, 1.807) is 13.3 Å². The van der Waals surface area contributed by atoms with E-state index in [-0.39, 0.29) is 11.9 Å². The van der Waals surface area contributed by atoms with Gasteiger partial charge in [-0.2, -0.15) is 0 Å². The highest BCUT2D eigenvalue weighted by molar-refractivity contribution is 5.84. The lowest BCUT2D eigenvalue weighted by atomic mass is 10.2. The van der Waals surface area contributed by atoms with Gasteiger partial charge in [0.1, 0.15) is 11.6 Å². The third-order valence-corrected chi connectivity index (χ3v) is 3.69. The molecule has 0 amide bonds. The Balaban J connectivity index is 1.93. The van der Waals surface area contributed by atoms with E-state index in [9.17, 15) is 0 Å². The molecule has 1 aromatic rings. The minimum Gasteiger partial charge on any atom is -0.495 e. The van der Waals surface area contributed by atoms with E-state index in [4.69, 9.17) is 15.7 Å². The molecular weight excluding hydrogens is 258 g/mol. The van der Waals surface area contributed by atoms with E-state index in [1.807, 2.05) is 19.1 Å². The van der Waals surface area contributed by atoms with Gasteiger partial charge in [0.2, 0.25) is 0 Å². The number of aromatic nitrogens is 1. The number of anilines is 1. The Bertz CT molecular complexity index is 454. The Morgan fingerprint density at radius 3 is 2.60 bits per heavy atom. The van der Waals surface area contributed by atoms with Crippen LogP contribution in [0, 0.1) is 0 Å². The Kier molecular flexibility index (Phi) is 4.62. The van der Waals surface area contributed by atoms with E-state index < -0.39 is 0 Å². The molecule has 0 radical (unpaired) electrons. The van der Waals surface area contributed by atoms with Gasteiger partial charge < -0.3 is 20.6 Å². The molecule has 1 aliphatic rings. The Morgan fingerprint density at radius 2 is 2.10 bits per heavy atom. The first kappa shape index (κ1) is 14.4. The molecule has 1 unspecified atom stereocenters. The number of pyridine rings is 1. The van der Waals surface area contributed by atoms with E-state index in [0.29, 0.717) is 0 Å². The summed E-state index contributed by atoms with van der Waals surface area (Å²) in [6.45, 7) is 5.37. The minimum absolute atomic E-state index is 0.0500. The van der Waals surface area contributed by atoms with Crippen LogP contribution in [0.2, 0.25) is 0 Å². The molecule has 1 aromatic heterocycles. The van der Waals surface area contributed by atoms with Gasteiger partial charge in [0, 0.05) is 26.2 Å². The van der Waals surface area contributed by atoms with Gasteiger partial charge in [0.25, 0.3) is 0 Å². The maximum Gasteiger partial charge on any atom is 0.156 e.